The second-order valence-electron chi connectivity index (χ2n) is 2.74. The average Bonchev–Trinajstić information content (AvgIpc) is 2.25. The van der Waals surface area contributed by atoms with E-state index in [0.717, 1.165) is 0 Å². The fourth-order valence-electron chi connectivity index (χ4n) is 1.10. The van der Waals surface area contributed by atoms with Crippen molar-refractivity contribution >= 4 is 34.4 Å². The molecular weight excluding hydrogens is 302 g/mol. The first-order chi connectivity index (χ1) is 6.88. The normalized spacial score (nSPS) is 11.7. The molecule has 0 heterocycles. The van der Waals surface area contributed by atoms with Crippen LogP contribution < -0.4 is 0 Å². The second-order valence-corrected chi connectivity index (χ2v) is 7.88. The Labute approximate surface area is 99.5 Å². The van der Waals surface area contributed by atoms with Gasteiger partial charge in [-0.05, 0) is 0 Å². The molecule has 0 atom stereocenters. The first-order valence-electron chi connectivity index (χ1n) is 4.88. The van der Waals surface area contributed by atoms with Gasteiger partial charge in [-0.3, -0.25) is 0 Å². The van der Waals surface area contributed by atoms with E-state index >= 15 is 0 Å². The van der Waals surface area contributed by atoms with Gasteiger partial charge in [0.25, 0.3) is 0 Å². The van der Waals surface area contributed by atoms with Crippen LogP contribution in [0.15, 0.2) is 35.3 Å². The molecule has 1 aromatic rings. The molecule has 0 spiro atoms. The molecule has 76 valence electrons. The predicted molar refractivity (Wildman–Crippen MR) is 66.9 cm³/mol. The maximum absolute atomic E-state index is 2.48. The van der Waals surface area contributed by atoms with Crippen LogP contribution in [0.3, 0.4) is 0 Å². The van der Waals surface area contributed by atoms with E-state index in [4.69, 9.17) is 0 Å². The Balaban J connectivity index is 2.77. The van der Waals surface area contributed by atoms with E-state index in [1.807, 2.05) is 0 Å². The van der Waals surface area contributed by atoms with Crippen LogP contribution in [-0.2, 0) is 0 Å². The molecule has 0 fully saturated rings. The Kier molecular flexibility index (Phi) is 6.30. The molecule has 14 heavy (non-hydrogen) atoms. The van der Waals surface area contributed by atoms with E-state index in [2.05, 4.69) is 49.2 Å². The molecule has 0 unspecified atom stereocenters. The molecule has 0 nitrogen and oxygen atoms in total. The Morgan fingerprint density at radius 2 is 1.86 bits per heavy atom. The van der Waals surface area contributed by atoms with Gasteiger partial charge in [-0.25, -0.2) is 0 Å². The van der Waals surface area contributed by atoms with Gasteiger partial charge in [0.2, 0.25) is 0 Å². The van der Waals surface area contributed by atoms with Crippen molar-refractivity contribution in [3.8, 4) is 0 Å². The summed E-state index contributed by atoms with van der Waals surface area (Å²) in [5.41, 5.74) is 1.43. The van der Waals surface area contributed by atoms with E-state index in [0.29, 0.717) is 29.9 Å². The topological polar surface area (TPSA) is 0 Å². The van der Waals surface area contributed by atoms with Gasteiger partial charge in [0.1, 0.15) is 0 Å². The zero-order chi connectivity index (χ0) is 10.2. The van der Waals surface area contributed by atoms with Gasteiger partial charge in [-0.2, -0.15) is 0 Å². The number of hydrogen-bond donors (Lipinski definition) is 0. The standard InChI is InChI=1S/C12H16Se2/c1-3-13-10-12(14-4-2)11-8-6-5-7-9-11/h5-10H,3-4H2,1-2H3/b12-10-. The molecule has 0 amide bonds. The van der Waals surface area contributed by atoms with Crippen LogP contribution in [-0.4, -0.2) is 29.9 Å². The zero-order valence-electron chi connectivity index (χ0n) is 8.69. The van der Waals surface area contributed by atoms with E-state index in [1.165, 1.54) is 16.2 Å². The SMILES string of the molecule is CC[Se]/C=C(\[Se]CC)c1ccccc1. The van der Waals surface area contributed by atoms with Gasteiger partial charge in [-0.15, -0.1) is 0 Å². The van der Waals surface area contributed by atoms with Crippen molar-refractivity contribution in [2.75, 3.05) is 0 Å². The summed E-state index contributed by atoms with van der Waals surface area (Å²) in [5.74, 6) is 0. The third-order valence-corrected chi connectivity index (χ3v) is 6.02. The van der Waals surface area contributed by atoms with E-state index in [9.17, 15) is 0 Å². The number of rotatable bonds is 5. The molecule has 0 aliphatic carbocycles. The third kappa shape index (κ3) is 4.02. The fraction of sp³-hybridized carbons (Fsp3) is 0.333. The fourth-order valence-corrected chi connectivity index (χ4v) is 4.97. The molecule has 0 aliphatic rings. The molecule has 0 radical (unpaired) electrons. The van der Waals surface area contributed by atoms with E-state index in [1.54, 1.807) is 4.47 Å². The van der Waals surface area contributed by atoms with Gasteiger partial charge in [0.15, 0.2) is 0 Å². The van der Waals surface area contributed by atoms with Crippen LogP contribution in [0.2, 0.25) is 10.6 Å². The zero-order valence-corrected chi connectivity index (χ0v) is 12.1. The molecule has 0 saturated heterocycles. The molecule has 2 heteroatoms. The van der Waals surface area contributed by atoms with Crippen LogP contribution >= 0.6 is 0 Å². The molecule has 0 bridgehead atoms. The first kappa shape index (κ1) is 12.1. The summed E-state index contributed by atoms with van der Waals surface area (Å²) in [4.78, 5) is 2.48. The predicted octanol–water partition coefficient (Wildman–Crippen LogP) is 3.27. The first-order valence-corrected chi connectivity index (χ1v) is 9.15. The maximum atomic E-state index is 2.48. The van der Waals surface area contributed by atoms with Gasteiger partial charge in [-0.1, -0.05) is 0 Å². The summed E-state index contributed by atoms with van der Waals surface area (Å²) >= 11 is 1.36. The van der Waals surface area contributed by atoms with E-state index < -0.39 is 0 Å². The summed E-state index contributed by atoms with van der Waals surface area (Å²) in [7, 11) is 0. The Morgan fingerprint density at radius 1 is 1.14 bits per heavy atom. The number of benzene rings is 1. The van der Waals surface area contributed by atoms with Crippen molar-refractivity contribution in [3.63, 3.8) is 0 Å². The monoisotopic (exact) mass is 320 g/mol. The van der Waals surface area contributed by atoms with Gasteiger partial charge < -0.3 is 0 Å². The summed E-state index contributed by atoms with van der Waals surface area (Å²) in [6.45, 7) is 4.54. The van der Waals surface area contributed by atoms with E-state index in [-0.39, 0.29) is 0 Å². The third-order valence-electron chi connectivity index (χ3n) is 1.72. The Bertz CT molecular complexity index is 278. The van der Waals surface area contributed by atoms with Crippen LogP contribution in [0.5, 0.6) is 0 Å². The van der Waals surface area contributed by atoms with Crippen molar-refractivity contribution in [3.05, 3.63) is 40.9 Å². The van der Waals surface area contributed by atoms with Gasteiger partial charge in [0.05, 0.1) is 0 Å². The Morgan fingerprint density at radius 3 is 2.43 bits per heavy atom. The van der Waals surface area contributed by atoms with Crippen LogP contribution in [0.25, 0.3) is 4.47 Å². The quantitative estimate of drug-likeness (QED) is 0.731. The van der Waals surface area contributed by atoms with Crippen LogP contribution in [0.1, 0.15) is 19.4 Å². The second kappa shape index (κ2) is 7.31. The molecule has 1 aromatic carbocycles. The van der Waals surface area contributed by atoms with Crippen molar-refractivity contribution in [2.45, 2.75) is 24.5 Å². The molecule has 0 saturated carbocycles. The summed E-state index contributed by atoms with van der Waals surface area (Å²) in [6, 6.07) is 10.8. The van der Waals surface area contributed by atoms with Crippen LogP contribution in [0, 0.1) is 0 Å². The molecule has 1 rings (SSSR count). The summed E-state index contributed by atoms with van der Waals surface area (Å²) in [5, 5.41) is 2.61. The average molecular weight is 318 g/mol. The molecule has 0 aliphatic heterocycles. The minimum atomic E-state index is 0.665. The van der Waals surface area contributed by atoms with Gasteiger partial charge in [0, 0.05) is 0 Å². The molecular formula is C12H16Se2. The van der Waals surface area contributed by atoms with Crippen molar-refractivity contribution in [2.24, 2.45) is 0 Å². The Hall–Kier alpha value is -0.00104. The van der Waals surface area contributed by atoms with Crippen LogP contribution in [0.4, 0.5) is 0 Å². The van der Waals surface area contributed by atoms with Crippen molar-refractivity contribution in [1.29, 1.82) is 0 Å². The molecule has 0 N–H and O–H groups in total. The van der Waals surface area contributed by atoms with Gasteiger partial charge >= 0.3 is 99.7 Å². The summed E-state index contributed by atoms with van der Waals surface area (Å²) in [6.07, 6.45) is 0. The number of hydrogen-bond acceptors (Lipinski definition) is 0. The summed E-state index contributed by atoms with van der Waals surface area (Å²) < 4.78 is 1.60. The van der Waals surface area contributed by atoms with Crippen molar-refractivity contribution in [1.82, 2.24) is 0 Å². The van der Waals surface area contributed by atoms with Crippen molar-refractivity contribution < 1.29 is 0 Å². The molecule has 0 aromatic heterocycles. The minimum absolute atomic E-state index is 0.665.